The Morgan fingerprint density at radius 3 is 1.50 bits per heavy atom. The lowest BCUT2D eigenvalue weighted by Gasteiger charge is -2.61. The van der Waals surface area contributed by atoms with E-state index in [1.807, 2.05) is 60.7 Å². The highest BCUT2D eigenvalue weighted by molar-refractivity contribution is 5.86. The number of rotatable bonds is 5. The van der Waals surface area contributed by atoms with Crippen molar-refractivity contribution in [1.29, 1.82) is 5.26 Å². The van der Waals surface area contributed by atoms with Gasteiger partial charge >= 0.3 is 0 Å². The van der Waals surface area contributed by atoms with Crippen molar-refractivity contribution in [3.63, 3.8) is 0 Å². The molecule has 0 unspecified atom stereocenters. The maximum atomic E-state index is 9.87. The molecule has 4 heteroatoms. The highest BCUT2D eigenvalue weighted by atomic mass is 15.0. The van der Waals surface area contributed by atoms with Crippen molar-refractivity contribution in [3.05, 3.63) is 162 Å². The van der Waals surface area contributed by atoms with E-state index in [0.29, 0.717) is 29.3 Å². The number of fused-ring (bicyclic) bond motifs is 3. The van der Waals surface area contributed by atoms with E-state index in [9.17, 15) is 5.26 Å². The van der Waals surface area contributed by atoms with Crippen LogP contribution in [0.1, 0.15) is 48.8 Å². The fraction of sp³-hybridized carbons (Fsp3) is 0.200. The average Bonchev–Trinajstić information content (AvgIpc) is 3.52. The lowest BCUT2D eigenvalue weighted by Crippen LogP contribution is -2.55. The lowest BCUT2D eigenvalue weighted by atomic mass is 9.43. The van der Waals surface area contributed by atoms with Crippen LogP contribution < -0.4 is 0 Å². The van der Waals surface area contributed by atoms with E-state index in [1.54, 1.807) is 0 Å². The minimum atomic E-state index is 0.0514. The monoisotopic (exact) mass is 694 g/mol. The van der Waals surface area contributed by atoms with Gasteiger partial charge in [0.05, 0.1) is 11.6 Å². The van der Waals surface area contributed by atoms with Gasteiger partial charge < -0.3 is 0 Å². The summed E-state index contributed by atoms with van der Waals surface area (Å²) in [5.41, 5.74) is 14.0. The van der Waals surface area contributed by atoms with E-state index >= 15 is 0 Å². The molecular formula is C50H38N4. The molecule has 7 aromatic rings. The predicted molar refractivity (Wildman–Crippen MR) is 215 cm³/mol. The van der Waals surface area contributed by atoms with Gasteiger partial charge in [-0.1, -0.05) is 115 Å². The number of benzene rings is 6. The fourth-order valence-electron chi connectivity index (χ4n) is 11.1. The van der Waals surface area contributed by atoms with Crippen LogP contribution in [0, 0.1) is 35.0 Å². The molecule has 258 valence electrons. The Labute approximate surface area is 316 Å². The summed E-state index contributed by atoms with van der Waals surface area (Å²) in [6, 6.07) is 54.0. The number of nitrogens with zero attached hydrogens (tertiary/aromatic N) is 4. The topological polar surface area (TPSA) is 62.5 Å². The maximum absolute atomic E-state index is 9.87. The highest BCUT2D eigenvalue weighted by Crippen LogP contribution is 2.69. The quantitative estimate of drug-likeness (QED) is 0.180. The molecule has 0 radical (unpaired) electrons. The lowest BCUT2D eigenvalue weighted by molar-refractivity contribution is -0.0399. The zero-order valence-corrected chi connectivity index (χ0v) is 30.0. The molecule has 0 saturated heterocycles. The molecule has 1 heterocycles. The smallest absolute Gasteiger partial charge is 0.164 e. The Hall–Kier alpha value is -6.18. The van der Waals surface area contributed by atoms with Gasteiger partial charge in [-0.2, -0.15) is 5.26 Å². The molecule has 5 aliphatic carbocycles. The summed E-state index contributed by atoms with van der Waals surface area (Å²) in [4.78, 5) is 14.9. The van der Waals surface area contributed by atoms with Crippen LogP contribution in [0.15, 0.2) is 146 Å². The fourth-order valence-corrected chi connectivity index (χ4v) is 11.1. The minimum Gasteiger partial charge on any atom is -0.208 e. The van der Waals surface area contributed by atoms with Crippen molar-refractivity contribution < 1.29 is 0 Å². The van der Waals surface area contributed by atoms with E-state index < -0.39 is 0 Å². The second-order valence-corrected chi connectivity index (χ2v) is 16.0. The Kier molecular flexibility index (Phi) is 7.07. The van der Waals surface area contributed by atoms with Gasteiger partial charge in [0.25, 0.3) is 0 Å². The maximum Gasteiger partial charge on any atom is 0.164 e. The summed E-state index contributed by atoms with van der Waals surface area (Å²) in [5.74, 6) is 5.08. The van der Waals surface area contributed by atoms with Gasteiger partial charge in [0.1, 0.15) is 0 Å². The Bertz CT molecular complexity index is 2550. The number of aromatic nitrogens is 3. The molecule has 6 aromatic carbocycles. The molecule has 12 rings (SSSR count). The summed E-state index contributed by atoms with van der Waals surface area (Å²) in [5, 5.41) is 9.87. The Morgan fingerprint density at radius 2 is 0.926 bits per heavy atom. The van der Waals surface area contributed by atoms with Gasteiger partial charge in [-0.3, -0.25) is 0 Å². The Balaban J connectivity index is 0.994. The first-order chi connectivity index (χ1) is 26.6. The number of nitriles is 1. The van der Waals surface area contributed by atoms with Crippen molar-refractivity contribution >= 4 is 0 Å². The van der Waals surface area contributed by atoms with Crippen LogP contribution in [-0.4, -0.2) is 15.0 Å². The predicted octanol–water partition coefficient (Wildman–Crippen LogP) is 11.8. The zero-order valence-electron chi connectivity index (χ0n) is 30.0. The van der Waals surface area contributed by atoms with Crippen molar-refractivity contribution in [2.45, 2.75) is 37.5 Å². The van der Waals surface area contributed by atoms with Gasteiger partial charge in [-0.25, -0.2) is 15.0 Å². The van der Waals surface area contributed by atoms with Gasteiger partial charge in [-0.15, -0.1) is 0 Å². The molecule has 4 fully saturated rings. The van der Waals surface area contributed by atoms with E-state index in [-0.39, 0.29) is 5.41 Å². The minimum absolute atomic E-state index is 0.0514. The van der Waals surface area contributed by atoms with E-state index in [1.165, 1.54) is 65.5 Å². The zero-order chi connectivity index (χ0) is 35.8. The molecule has 0 aliphatic heterocycles. The second-order valence-electron chi connectivity index (χ2n) is 16.0. The van der Waals surface area contributed by atoms with Crippen LogP contribution in [0.4, 0.5) is 0 Å². The van der Waals surface area contributed by atoms with Gasteiger partial charge in [-0.05, 0) is 131 Å². The molecule has 4 saturated carbocycles. The third-order valence-electron chi connectivity index (χ3n) is 13.1. The van der Waals surface area contributed by atoms with Crippen LogP contribution in [-0.2, 0) is 5.41 Å². The van der Waals surface area contributed by atoms with Gasteiger partial charge in [0.2, 0.25) is 0 Å². The molecular weight excluding hydrogens is 657 g/mol. The van der Waals surface area contributed by atoms with Gasteiger partial charge in [0.15, 0.2) is 17.5 Å². The van der Waals surface area contributed by atoms with Crippen molar-refractivity contribution in [1.82, 2.24) is 15.0 Å². The molecule has 0 N–H and O–H groups in total. The molecule has 5 aliphatic rings. The number of hydrogen-bond donors (Lipinski definition) is 0. The summed E-state index contributed by atoms with van der Waals surface area (Å²) in [7, 11) is 0. The number of hydrogen-bond acceptors (Lipinski definition) is 4. The summed E-state index contributed by atoms with van der Waals surface area (Å²) in [6.07, 6.45) is 6.77. The van der Waals surface area contributed by atoms with Crippen molar-refractivity contribution in [2.75, 3.05) is 0 Å². The highest BCUT2D eigenvalue weighted by Gasteiger charge is 2.61. The molecule has 0 atom stereocenters. The van der Waals surface area contributed by atoms with E-state index in [4.69, 9.17) is 15.0 Å². The normalized spacial score (nSPS) is 22.9. The van der Waals surface area contributed by atoms with Crippen LogP contribution >= 0.6 is 0 Å². The van der Waals surface area contributed by atoms with Crippen LogP contribution in [0.3, 0.4) is 0 Å². The molecule has 54 heavy (non-hydrogen) atoms. The molecule has 0 amide bonds. The summed E-state index contributed by atoms with van der Waals surface area (Å²) < 4.78 is 0. The molecule has 4 bridgehead atoms. The van der Waals surface area contributed by atoms with Crippen molar-refractivity contribution in [3.8, 4) is 73.6 Å². The first-order valence-electron chi connectivity index (χ1n) is 19.4. The third kappa shape index (κ3) is 4.85. The molecule has 1 aromatic heterocycles. The summed E-state index contributed by atoms with van der Waals surface area (Å²) >= 11 is 0. The molecule has 4 nitrogen and oxygen atoms in total. The van der Waals surface area contributed by atoms with E-state index in [0.717, 1.165) is 45.2 Å². The molecule has 1 spiro atoms. The van der Waals surface area contributed by atoms with Crippen LogP contribution in [0.25, 0.3) is 67.5 Å². The SMILES string of the molecule is N#Cc1ccc2c(c1)-c1ccc(-c3cccc(-c4cccc(-c5nc(-c6ccccc6)nc(-c6ccccc6)n5)c4)c3)cc1C21C2CC3CC(C2)CC1C3. The standard InChI is InChI=1S/C50H38N4/c51-30-31-17-20-45-44(26-31)43-19-18-39(29-46(43)50(45)41-22-32-21-33(24-41)25-42(50)23-32)37-14-7-13-36(27-37)38-15-8-16-40(28-38)49-53-47(34-9-3-1-4-10-34)52-48(54-49)35-11-5-2-6-12-35/h1-20,26-29,32-33,41-42H,21-25H2. The first kappa shape index (κ1) is 31.4. The third-order valence-corrected chi connectivity index (χ3v) is 13.1. The average molecular weight is 695 g/mol. The second kappa shape index (κ2) is 12.2. The van der Waals surface area contributed by atoms with Crippen molar-refractivity contribution in [2.24, 2.45) is 23.7 Å². The van der Waals surface area contributed by atoms with E-state index in [2.05, 4.69) is 91.0 Å². The largest absolute Gasteiger partial charge is 0.208 e. The van der Waals surface area contributed by atoms with Gasteiger partial charge in [0, 0.05) is 22.1 Å². The Morgan fingerprint density at radius 1 is 0.426 bits per heavy atom. The van der Waals surface area contributed by atoms with Crippen LogP contribution in [0.2, 0.25) is 0 Å². The summed E-state index contributed by atoms with van der Waals surface area (Å²) in [6.45, 7) is 0. The van der Waals surface area contributed by atoms with Crippen LogP contribution in [0.5, 0.6) is 0 Å². The first-order valence-corrected chi connectivity index (χ1v) is 19.4.